The Morgan fingerprint density at radius 1 is 1.27 bits per heavy atom. The van der Waals surface area contributed by atoms with E-state index >= 15 is 0 Å². The molecule has 2 nitrogen and oxygen atoms in total. The smallest absolute Gasteiger partial charge is 0.189 e. The second-order valence-corrected chi connectivity index (χ2v) is 5.81. The Bertz CT molecular complexity index is 378. The van der Waals surface area contributed by atoms with Crippen molar-refractivity contribution >= 4 is 11.1 Å². The van der Waals surface area contributed by atoms with E-state index in [0.717, 1.165) is 16.0 Å². The van der Waals surface area contributed by atoms with E-state index in [2.05, 4.69) is 20.8 Å². The van der Waals surface area contributed by atoms with Crippen molar-refractivity contribution in [3.05, 3.63) is 29.3 Å². The second-order valence-electron chi connectivity index (χ2n) is 4.60. The van der Waals surface area contributed by atoms with Crippen molar-refractivity contribution in [2.45, 2.75) is 38.0 Å². The van der Waals surface area contributed by atoms with Gasteiger partial charge >= 0.3 is 0 Å². The van der Waals surface area contributed by atoms with Crippen molar-refractivity contribution in [1.82, 2.24) is 0 Å². The number of aryl methyl sites for hydroxylation is 1. The Morgan fingerprint density at radius 2 is 1.87 bits per heavy atom. The highest BCUT2D eigenvalue weighted by molar-refractivity contribution is 7.80. The van der Waals surface area contributed by atoms with Crippen LogP contribution in [0.3, 0.4) is 0 Å². The van der Waals surface area contributed by atoms with Gasteiger partial charge in [0.25, 0.3) is 0 Å². The molecule has 0 saturated carbocycles. The fourth-order valence-electron chi connectivity index (χ4n) is 1.55. The van der Waals surface area contributed by atoms with Gasteiger partial charge in [-0.2, -0.15) is 0 Å². The lowest BCUT2D eigenvalue weighted by atomic mass is 9.86. The summed E-state index contributed by atoms with van der Waals surface area (Å²) in [6, 6.07) is 5.97. The average Bonchev–Trinajstić information content (AvgIpc) is 2.15. The number of hydrogen-bond acceptors (Lipinski definition) is 2. The van der Waals surface area contributed by atoms with Crippen LogP contribution in [0.15, 0.2) is 23.1 Å². The molecule has 1 aromatic carbocycles. The molecule has 1 unspecified atom stereocenters. The normalized spacial score (nSPS) is 13.9. The summed E-state index contributed by atoms with van der Waals surface area (Å²) >= 11 is -1.36. The summed E-state index contributed by atoms with van der Waals surface area (Å²) in [7, 11) is 1.47. The molecule has 1 aromatic rings. The molecule has 0 N–H and O–H groups in total. The number of rotatable bonds is 2. The van der Waals surface area contributed by atoms with E-state index in [1.165, 1.54) is 7.11 Å². The molecule has 0 radical (unpaired) electrons. The lowest BCUT2D eigenvalue weighted by molar-refractivity contribution is 0.442. The predicted molar refractivity (Wildman–Crippen MR) is 63.3 cm³/mol. The third kappa shape index (κ3) is 2.67. The maximum absolute atomic E-state index is 11.8. The van der Waals surface area contributed by atoms with Gasteiger partial charge in [0.1, 0.15) is 0 Å². The molecule has 0 aliphatic heterocycles. The summed E-state index contributed by atoms with van der Waals surface area (Å²) in [5, 5.41) is 0. The van der Waals surface area contributed by atoms with Gasteiger partial charge in [-0.05, 0) is 23.5 Å². The van der Waals surface area contributed by atoms with Crippen LogP contribution in [-0.4, -0.2) is 11.3 Å². The first-order valence-electron chi connectivity index (χ1n) is 4.94. The molecular formula is C12H18O2S. The summed E-state index contributed by atoms with van der Waals surface area (Å²) in [5.41, 5.74) is 2.08. The molecule has 0 aliphatic carbocycles. The van der Waals surface area contributed by atoms with E-state index in [1.807, 2.05) is 25.1 Å². The van der Waals surface area contributed by atoms with Crippen molar-refractivity contribution in [3.8, 4) is 0 Å². The SMILES string of the molecule is COS(=O)c1c(C)cccc1C(C)(C)C. The van der Waals surface area contributed by atoms with E-state index in [1.54, 1.807) is 0 Å². The Kier molecular flexibility index (Phi) is 3.68. The van der Waals surface area contributed by atoms with Gasteiger partial charge < -0.3 is 0 Å². The van der Waals surface area contributed by atoms with Crippen molar-refractivity contribution in [2.24, 2.45) is 0 Å². The molecule has 1 rings (SSSR count). The van der Waals surface area contributed by atoms with E-state index in [-0.39, 0.29) is 5.41 Å². The minimum atomic E-state index is -1.36. The molecule has 84 valence electrons. The summed E-state index contributed by atoms with van der Waals surface area (Å²) in [5.74, 6) is 0. The molecule has 0 amide bonds. The van der Waals surface area contributed by atoms with Crippen molar-refractivity contribution < 1.29 is 8.39 Å². The second kappa shape index (κ2) is 4.45. The molecule has 0 spiro atoms. The summed E-state index contributed by atoms with van der Waals surface area (Å²) in [4.78, 5) is 0.813. The van der Waals surface area contributed by atoms with E-state index in [0.29, 0.717) is 0 Å². The third-order valence-electron chi connectivity index (χ3n) is 2.34. The van der Waals surface area contributed by atoms with Crippen LogP contribution < -0.4 is 0 Å². The third-order valence-corrected chi connectivity index (χ3v) is 3.52. The van der Waals surface area contributed by atoms with Crippen LogP contribution in [0, 0.1) is 6.92 Å². The topological polar surface area (TPSA) is 26.3 Å². The van der Waals surface area contributed by atoms with Crippen LogP contribution in [0.25, 0.3) is 0 Å². The molecule has 0 saturated heterocycles. The molecule has 0 aliphatic rings. The molecule has 0 bridgehead atoms. The quantitative estimate of drug-likeness (QED) is 0.775. The fourth-order valence-corrected chi connectivity index (χ4v) is 2.60. The maximum Gasteiger partial charge on any atom is 0.189 e. The monoisotopic (exact) mass is 226 g/mol. The van der Waals surface area contributed by atoms with Crippen LogP contribution in [0.1, 0.15) is 31.9 Å². The minimum Gasteiger partial charge on any atom is -0.290 e. The predicted octanol–water partition coefficient (Wildman–Crippen LogP) is 2.96. The van der Waals surface area contributed by atoms with Gasteiger partial charge in [-0.1, -0.05) is 39.0 Å². The van der Waals surface area contributed by atoms with Crippen LogP contribution in [-0.2, 0) is 20.7 Å². The first-order valence-corrected chi connectivity index (χ1v) is 6.01. The van der Waals surface area contributed by atoms with Crippen LogP contribution in [0.5, 0.6) is 0 Å². The van der Waals surface area contributed by atoms with Crippen molar-refractivity contribution in [3.63, 3.8) is 0 Å². The molecule has 15 heavy (non-hydrogen) atoms. The minimum absolute atomic E-state index is 0.0183. The first kappa shape index (κ1) is 12.4. The van der Waals surface area contributed by atoms with Crippen molar-refractivity contribution in [2.75, 3.05) is 7.11 Å². The van der Waals surface area contributed by atoms with Crippen LogP contribution in [0.4, 0.5) is 0 Å². The Hall–Kier alpha value is -0.670. The maximum atomic E-state index is 11.8. The Labute approximate surface area is 94.3 Å². The van der Waals surface area contributed by atoms with Crippen molar-refractivity contribution in [1.29, 1.82) is 0 Å². The summed E-state index contributed by atoms with van der Waals surface area (Å²) in [6.07, 6.45) is 0. The largest absolute Gasteiger partial charge is 0.290 e. The lowest BCUT2D eigenvalue weighted by Crippen LogP contribution is -2.16. The van der Waals surface area contributed by atoms with E-state index in [9.17, 15) is 4.21 Å². The Morgan fingerprint density at radius 3 is 2.33 bits per heavy atom. The molecule has 0 heterocycles. The van der Waals surface area contributed by atoms with Gasteiger partial charge in [0, 0.05) is 0 Å². The zero-order valence-electron chi connectivity index (χ0n) is 9.96. The highest BCUT2D eigenvalue weighted by Gasteiger charge is 2.22. The number of benzene rings is 1. The lowest BCUT2D eigenvalue weighted by Gasteiger charge is -2.23. The van der Waals surface area contributed by atoms with Gasteiger partial charge in [0.2, 0.25) is 0 Å². The van der Waals surface area contributed by atoms with Gasteiger partial charge in [-0.3, -0.25) is 4.18 Å². The Balaban J connectivity index is 3.40. The molecule has 3 heteroatoms. The summed E-state index contributed by atoms with van der Waals surface area (Å²) in [6.45, 7) is 8.29. The highest BCUT2D eigenvalue weighted by atomic mass is 32.2. The van der Waals surface area contributed by atoms with Gasteiger partial charge in [0.05, 0.1) is 12.0 Å². The van der Waals surface area contributed by atoms with Gasteiger partial charge in [-0.15, -0.1) is 0 Å². The average molecular weight is 226 g/mol. The molecular weight excluding hydrogens is 208 g/mol. The standard InChI is InChI=1S/C12H18O2S/c1-9-7-6-8-10(12(2,3)4)11(9)15(13)14-5/h6-8H,1-5H3. The highest BCUT2D eigenvalue weighted by Crippen LogP contribution is 2.30. The zero-order valence-corrected chi connectivity index (χ0v) is 10.8. The fraction of sp³-hybridized carbons (Fsp3) is 0.500. The van der Waals surface area contributed by atoms with Crippen LogP contribution in [0.2, 0.25) is 0 Å². The van der Waals surface area contributed by atoms with E-state index < -0.39 is 11.1 Å². The van der Waals surface area contributed by atoms with E-state index in [4.69, 9.17) is 4.18 Å². The molecule has 0 fully saturated rings. The van der Waals surface area contributed by atoms with Gasteiger partial charge in [-0.25, -0.2) is 4.21 Å². The first-order chi connectivity index (χ1) is 6.88. The number of hydrogen-bond donors (Lipinski definition) is 0. The zero-order chi connectivity index (χ0) is 11.6. The van der Waals surface area contributed by atoms with Crippen LogP contribution >= 0.6 is 0 Å². The molecule has 0 aromatic heterocycles. The molecule has 1 atom stereocenters. The summed E-state index contributed by atoms with van der Waals surface area (Å²) < 4.78 is 16.7. The van der Waals surface area contributed by atoms with Gasteiger partial charge in [0.15, 0.2) is 11.1 Å².